The molecule has 0 aliphatic carbocycles. The Hall–Kier alpha value is -4.04. The molecule has 0 atom stereocenters. The van der Waals surface area contributed by atoms with Crippen molar-refractivity contribution in [1.82, 2.24) is 24.6 Å². The van der Waals surface area contributed by atoms with E-state index in [9.17, 15) is 14.4 Å². The van der Waals surface area contributed by atoms with E-state index in [4.69, 9.17) is 4.98 Å². The van der Waals surface area contributed by atoms with Crippen LogP contribution in [0.25, 0.3) is 22.5 Å². The number of aromatic nitrogens is 1. The molecule has 8 nitrogen and oxygen atoms in total. The molecule has 3 aliphatic rings. The van der Waals surface area contributed by atoms with Crippen molar-refractivity contribution in [3.63, 3.8) is 0 Å². The van der Waals surface area contributed by atoms with Gasteiger partial charge in [0.05, 0.1) is 11.4 Å². The van der Waals surface area contributed by atoms with Crippen LogP contribution in [-0.4, -0.2) is 101 Å². The van der Waals surface area contributed by atoms with Crippen LogP contribution >= 0.6 is 0 Å². The van der Waals surface area contributed by atoms with Gasteiger partial charge in [-0.05, 0) is 56.7 Å². The van der Waals surface area contributed by atoms with Crippen molar-refractivity contribution in [2.75, 3.05) is 52.4 Å². The summed E-state index contributed by atoms with van der Waals surface area (Å²) < 4.78 is 0. The predicted molar refractivity (Wildman–Crippen MR) is 181 cm³/mol. The van der Waals surface area contributed by atoms with E-state index in [2.05, 4.69) is 67.3 Å². The van der Waals surface area contributed by atoms with Gasteiger partial charge in [-0.15, -0.1) is 0 Å². The van der Waals surface area contributed by atoms with E-state index in [-0.39, 0.29) is 23.6 Å². The lowest BCUT2D eigenvalue weighted by molar-refractivity contribution is -0.141. The largest absolute Gasteiger partial charge is 0.343 e. The minimum atomic E-state index is 0.0395. The zero-order chi connectivity index (χ0) is 32.2. The third kappa shape index (κ3) is 7.17. The fourth-order valence-corrected chi connectivity index (χ4v) is 7.21. The standard InChI is InChI=1S/C38H47N5O3/c1-4-29-7-11-31(12-8-29)36-26-33(25-35(39-36)30-9-5-27(2)6-10-30)38(46)43-23-21-41(22-24-43)34-15-19-42(20-16-34)37(45)32-13-17-40(18-14-32)28(3)44/h5-12,25-26,32,34H,4,13-24H2,1-3H3. The average Bonchev–Trinajstić information content (AvgIpc) is 3.11. The van der Waals surface area contributed by atoms with Gasteiger partial charge in [0.1, 0.15) is 0 Å². The zero-order valence-corrected chi connectivity index (χ0v) is 27.6. The molecule has 3 aromatic rings. The Balaban J connectivity index is 1.08. The van der Waals surface area contributed by atoms with Crippen molar-refractivity contribution in [1.29, 1.82) is 0 Å². The first kappa shape index (κ1) is 31.9. The van der Waals surface area contributed by atoms with Gasteiger partial charge in [0.25, 0.3) is 5.91 Å². The highest BCUT2D eigenvalue weighted by Gasteiger charge is 2.34. The molecule has 0 saturated carbocycles. The second-order valence-corrected chi connectivity index (χ2v) is 13.2. The summed E-state index contributed by atoms with van der Waals surface area (Å²) in [6.45, 7) is 11.8. The fraction of sp³-hybridized carbons (Fsp3) is 0.474. The van der Waals surface area contributed by atoms with Gasteiger partial charge in [0, 0.05) is 87.9 Å². The van der Waals surface area contributed by atoms with E-state index in [0.29, 0.717) is 37.8 Å². The maximum atomic E-state index is 13.9. The Morgan fingerprint density at radius 2 is 1.24 bits per heavy atom. The first-order valence-corrected chi connectivity index (χ1v) is 17.0. The van der Waals surface area contributed by atoms with E-state index in [1.165, 1.54) is 11.1 Å². The fourth-order valence-electron chi connectivity index (χ4n) is 7.21. The quantitative estimate of drug-likeness (QED) is 0.374. The van der Waals surface area contributed by atoms with Crippen molar-refractivity contribution >= 4 is 17.7 Å². The van der Waals surface area contributed by atoms with Crippen molar-refractivity contribution in [3.05, 3.63) is 77.4 Å². The van der Waals surface area contributed by atoms with Crippen molar-refractivity contribution in [2.45, 2.75) is 58.9 Å². The van der Waals surface area contributed by atoms with Crippen LogP contribution in [0.2, 0.25) is 0 Å². The van der Waals surface area contributed by atoms with Crippen LogP contribution in [0, 0.1) is 12.8 Å². The topological polar surface area (TPSA) is 77.1 Å². The number of hydrogen-bond donors (Lipinski definition) is 0. The molecule has 3 amide bonds. The summed E-state index contributed by atoms with van der Waals surface area (Å²) in [7, 11) is 0. The van der Waals surface area contributed by atoms with Crippen LogP contribution in [-0.2, 0) is 16.0 Å². The summed E-state index contributed by atoms with van der Waals surface area (Å²) in [4.78, 5) is 52.2. The van der Waals surface area contributed by atoms with E-state index in [1.54, 1.807) is 6.92 Å². The number of carbonyl (C=O) groups excluding carboxylic acids is 3. The van der Waals surface area contributed by atoms with Crippen LogP contribution in [0.15, 0.2) is 60.7 Å². The van der Waals surface area contributed by atoms with E-state index in [1.807, 2.05) is 26.8 Å². The molecule has 2 aromatic carbocycles. The van der Waals surface area contributed by atoms with Gasteiger partial charge in [-0.1, -0.05) is 61.0 Å². The molecule has 0 spiro atoms. The monoisotopic (exact) mass is 621 g/mol. The van der Waals surface area contributed by atoms with Gasteiger partial charge < -0.3 is 14.7 Å². The van der Waals surface area contributed by atoms with Gasteiger partial charge in [-0.2, -0.15) is 0 Å². The first-order chi connectivity index (χ1) is 22.3. The molecule has 0 radical (unpaired) electrons. The third-order valence-electron chi connectivity index (χ3n) is 10.3. The number of likely N-dealkylation sites (tertiary alicyclic amines) is 2. The van der Waals surface area contributed by atoms with Crippen LogP contribution < -0.4 is 0 Å². The predicted octanol–water partition coefficient (Wildman–Crippen LogP) is 5.29. The van der Waals surface area contributed by atoms with Crippen LogP contribution in [0.4, 0.5) is 0 Å². The molecule has 8 heteroatoms. The number of aryl methyl sites for hydroxylation is 2. The maximum Gasteiger partial charge on any atom is 0.254 e. The molecular formula is C38H47N5O3. The summed E-state index contributed by atoms with van der Waals surface area (Å²) in [5.74, 6) is 0.458. The van der Waals surface area contributed by atoms with Crippen LogP contribution in [0.5, 0.6) is 0 Å². The highest BCUT2D eigenvalue weighted by Crippen LogP contribution is 2.28. The number of carbonyl (C=O) groups is 3. The van der Waals surface area contributed by atoms with E-state index < -0.39 is 0 Å². The Bertz CT molecular complexity index is 1530. The molecular weight excluding hydrogens is 574 g/mol. The zero-order valence-electron chi connectivity index (χ0n) is 27.6. The SMILES string of the molecule is CCc1ccc(-c2cc(C(=O)N3CCN(C4CCN(C(=O)C5CCN(C(C)=O)CC5)CC4)CC3)cc(-c3ccc(C)cc3)n2)cc1. The lowest BCUT2D eigenvalue weighted by Gasteiger charge is -2.43. The van der Waals surface area contributed by atoms with E-state index >= 15 is 0 Å². The summed E-state index contributed by atoms with van der Waals surface area (Å²) in [6.07, 6.45) is 4.45. The Morgan fingerprint density at radius 3 is 1.78 bits per heavy atom. The van der Waals surface area contributed by atoms with Gasteiger partial charge in [0.15, 0.2) is 0 Å². The number of nitrogens with zero attached hydrogens (tertiary/aromatic N) is 5. The normalized spacial score (nSPS) is 18.5. The number of piperazine rings is 1. The second kappa shape index (κ2) is 14.2. The molecule has 3 fully saturated rings. The molecule has 3 aliphatic heterocycles. The van der Waals surface area contributed by atoms with Crippen LogP contribution in [0.1, 0.15) is 61.0 Å². The van der Waals surface area contributed by atoms with Gasteiger partial charge in [-0.3, -0.25) is 19.3 Å². The summed E-state index contributed by atoms with van der Waals surface area (Å²) in [5.41, 5.74) is 6.77. The molecule has 3 saturated heterocycles. The molecule has 0 N–H and O–H groups in total. The molecule has 0 bridgehead atoms. The van der Waals surface area contributed by atoms with Crippen molar-refractivity contribution in [2.24, 2.45) is 5.92 Å². The molecule has 242 valence electrons. The first-order valence-electron chi connectivity index (χ1n) is 17.0. The summed E-state index contributed by atoms with van der Waals surface area (Å²) in [6, 6.07) is 21.1. The van der Waals surface area contributed by atoms with Crippen molar-refractivity contribution < 1.29 is 14.4 Å². The van der Waals surface area contributed by atoms with Gasteiger partial charge >= 0.3 is 0 Å². The average molecular weight is 622 g/mol. The molecule has 46 heavy (non-hydrogen) atoms. The van der Waals surface area contributed by atoms with E-state index in [0.717, 1.165) is 80.8 Å². The molecule has 0 unspecified atom stereocenters. The lowest BCUT2D eigenvalue weighted by Crippen LogP contribution is -2.55. The Kier molecular flexibility index (Phi) is 9.83. The number of amides is 3. The van der Waals surface area contributed by atoms with Crippen LogP contribution in [0.3, 0.4) is 0 Å². The number of pyridine rings is 1. The van der Waals surface area contributed by atoms with Gasteiger partial charge in [-0.25, -0.2) is 4.98 Å². The Labute approximate surface area is 273 Å². The number of benzene rings is 2. The highest BCUT2D eigenvalue weighted by atomic mass is 16.2. The third-order valence-corrected chi connectivity index (χ3v) is 10.3. The van der Waals surface area contributed by atoms with Crippen molar-refractivity contribution in [3.8, 4) is 22.5 Å². The number of piperidine rings is 2. The van der Waals surface area contributed by atoms with Gasteiger partial charge in [0.2, 0.25) is 11.8 Å². The summed E-state index contributed by atoms with van der Waals surface area (Å²) in [5, 5.41) is 0. The molecule has 6 rings (SSSR count). The Morgan fingerprint density at radius 1 is 0.696 bits per heavy atom. The second-order valence-electron chi connectivity index (χ2n) is 13.2. The number of hydrogen-bond acceptors (Lipinski definition) is 5. The number of rotatable bonds is 6. The minimum absolute atomic E-state index is 0.0395. The minimum Gasteiger partial charge on any atom is -0.343 e. The smallest absolute Gasteiger partial charge is 0.254 e. The lowest BCUT2D eigenvalue weighted by atomic mass is 9.93. The molecule has 4 heterocycles. The molecule has 1 aromatic heterocycles. The summed E-state index contributed by atoms with van der Waals surface area (Å²) >= 11 is 0. The highest BCUT2D eigenvalue weighted by molar-refractivity contribution is 5.96. The maximum absolute atomic E-state index is 13.9.